The normalized spacial score (nSPS) is 11.4. The first-order valence-electron chi connectivity index (χ1n) is 7.72. The Morgan fingerprint density at radius 3 is 2.11 bits per heavy atom. The van der Waals surface area contributed by atoms with E-state index in [4.69, 9.17) is 9.47 Å². The minimum atomic E-state index is 0.454. The average Bonchev–Trinajstić information content (AvgIpc) is 2.39. The highest BCUT2D eigenvalue weighted by molar-refractivity contribution is 4.79. The van der Waals surface area contributed by atoms with E-state index in [9.17, 15) is 0 Å². The van der Waals surface area contributed by atoms with E-state index in [0.717, 1.165) is 26.1 Å². The van der Waals surface area contributed by atoms with Crippen molar-refractivity contribution in [2.75, 3.05) is 20.0 Å². The molecule has 2 heteroatoms. The second-order valence-electron chi connectivity index (χ2n) is 4.72. The van der Waals surface area contributed by atoms with Gasteiger partial charge < -0.3 is 9.47 Å². The zero-order chi connectivity index (χ0) is 13.3. The van der Waals surface area contributed by atoms with Gasteiger partial charge in [-0.2, -0.15) is 0 Å². The van der Waals surface area contributed by atoms with E-state index in [1.54, 1.807) is 0 Å². The van der Waals surface area contributed by atoms with Gasteiger partial charge in [-0.15, -0.1) is 0 Å². The smallest absolute Gasteiger partial charge is 0.146 e. The van der Waals surface area contributed by atoms with Crippen LogP contribution in [0.2, 0.25) is 0 Å². The highest BCUT2D eigenvalue weighted by atomic mass is 16.7. The molecule has 2 nitrogen and oxygen atoms in total. The largest absolute Gasteiger partial charge is 0.355 e. The van der Waals surface area contributed by atoms with Gasteiger partial charge >= 0.3 is 0 Å². The fourth-order valence-electron chi connectivity index (χ4n) is 1.77. The lowest BCUT2D eigenvalue weighted by Gasteiger charge is -2.05. The van der Waals surface area contributed by atoms with Crippen LogP contribution in [0.25, 0.3) is 0 Å². The predicted molar refractivity (Wildman–Crippen MR) is 78.8 cm³/mol. The van der Waals surface area contributed by atoms with Crippen LogP contribution in [0.4, 0.5) is 0 Å². The second-order valence-corrected chi connectivity index (χ2v) is 4.72. The SMILES string of the molecule is CC/C=C/CCOCOCCCCCCCCC. The number of allylic oxidation sites excluding steroid dienone is 1. The highest BCUT2D eigenvalue weighted by Crippen LogP contribution is 2.06. The van der Waals surface area contributed by atoms with Crippen LogP contribution in [0, 0.1) is 0 Å². The first kappa shape index (κ1) is 17.7. The van der Waals surface area contributed by atoms with E-state index in [0.29, 0.717) is 6.79 Å². The Hall–Kier alpha value is -0.340. The molecule has 0 bridgehead atoms. The summed E-state index contributed by atoms with van der Waals surface area (Å²) in [5, 5.41) is 0. The molecule has 0 saturated heterocycles. The van der Waals surface area contributed by atoms with E-state index >= 15 is 0 Å². The van der Waals surface area contributed by atoms with Crippen LogP contribution >= 0.6 is 0 Å². The van der Waals surface area contributed by atoms with Gasteiger partial charge in [0.25, 0.3) is 0 Å². The lowest BCUT2D eigenvalue weighted by atomic mass is 10.1. The van der Waals surface area contributed by atoms with Crippen LogP contribution in [-0.2, 0) is 9.47 Å². The third-order valence-corrected chi connectivity index (χ3v) is 2.89. The van der Waals surface area contributed by atoms with Gasteiger partial charge in [0.05, 0.1) is 6.61 Å². The molecule has 0 aromatic heterocycles. The Morgan fingerprint density at radius 2 is 1.39 bits per heavy atom. The van der Waals surface area contributed by atoms with Crippen molar-refractivity contribution in [1.29, 1.82) is 0 Å². The van der Waals surface area contributed by atoms with Gasteiger partial charge in [0.1, 0.15) is 6.79 Å². The quantitative estimate of drug-likeness (QED) is 0.245. The first-order chi connectivity index (χ1) is 8.91. The minimum Gasteiger partial charge on any atom is -0.355 e. The summed E-state index contributed by atoms with van der Waals surface area (Å²) in [5.74, 6) is 0. The molecule has 0 saturated carbocycles. The maximum atomic E-state index is 5.42. The summed E-state index contributed by atoms with van der Waals surface area (Å²) in [6, 6.07) is 0. The van der Waals surface area contributed by atoms with Crippen molar-refractivity contribution < 1.29 is 9.47 Å². The summed E-state index contributed by atoms with van der Waals surface area (Å²) in [4.78, 5) is 0. The van der Waals surface area contributed by atoms with Crippen molar-refractivity contribution >= 4 is 0 Å². The lowest BCUT2D eigenvalue weighted by Crippen LogP contribution is -2.02. The standard InChI is InChI=1S/C16H32O2/c1-3-5-7-9-10-11-13-15-18-16-17-14-12-8-6-4-2/h6,8H,3-5,7,9-16H2,1-2H3/b8-6+. The van der Waals surface area contributed by atoms with E-state index in [2.05, 4.69) is 26.0 Å². The molecule has 0 amide bonds. The van der Waals surface area contributed by atoms with Crippen molar-refractivity contribution in [3.8, 4) is 0 Å². The van der Waals surface area contributed by atoms with Gasteiger partial charge in [0.15, 0.2) is 0 Å². The number of ether oxygens (including phenoxy) is 2. The maximum absolute atomic E-state index is 5.42. The Kier molecular flexibility index (Phi) is 16.3. The summed E-state index contributed by atoms with van der Waals surface area (Å²) in [7, 11) is 0. The molecule has 0 aromatic carbocycles. The number of rotatable bonds is 14. The Morgan fingerprint density at radius 1 is 0.722 bits per heavy atom. The van der Waals surface area contributed by atoms with Crippen molar-refractivity contribution in [1.82, 2.24) is 0 Å². The summed E-state index contributed by atoms with van der Waals surface area (Å²) in [6.07, 6.45) is 15.7. The van der Waals surface area contributed by atoms with E-state index in [1.807, 2.05) is 0 Å². The number of hydrogen-bond donors (Lipinski definition) is 0. The Balaban J connectivity index is 2.92. The van der Waals surface area contributed by atoms with Crippen molar-refractivity contribution in [2.45, 2.75) is 71.6 Å². The molecule has 0 radical (unpaired) electrons. The zero-order valence-corrected chi connectivity index (χ0v) is 12.5. The molecule has 0 atom stereocenters. The fourth-order valence-corrected chi connectivity index (χ4v) is 1.77. The molecule has 0 aliphatic heterocycles. The molecule has 0 unspecified atom stereocenters. The highest BCUT2D eigenvalue weighted by Gasteiger charge is 1.92. The molecule has 0 aliphatic rings. The lowest BCUT2D eigenvalue weighted by molar-refractivity contribution is -0.0531. The number of unbranched alkanes of at least 4 members (excludes halogenated alkanes) is 6. The number of hydrogen-bond acceptors (Lipinski definition) is 2. The van der Waals surface area contributed by atoms with Crippen LogP contribution in [0.3, 0.4) is 0 Å². The molecule has 0 rings (SSSR count). The summed E-state index contributed by atoms with van der Waals surface area (Å²) in [6.45, 7) is 6.47. The fraction of sp³-hybridized carbons (Fsp3) is 0.875. The molecular weight excluding hydrogens is 224 g/mol. The van der Waals surface area contributed by atoms with Crippen molar-refractivity contribution in [3.63, 3.8) is 0 Å². The second kappa shape index (κ2) is 16.7. The molecule has 0 heterocycles. The summed E-state index contributed by atoms with van der Waals surface area (Å²) in [5.41, 5.74) is 0. The molecule has 0 aromatic rings. The molecular formula is C16H32O2. The van der Waals surface area contributed by atoms with Crippen LogP contribution in [0.5, 0.6) is 0 Å². The van der Waals surface area contributed by atoms with Crippen molar-refractivity contribution in [3.05, 3.63) is 12.2 Å². The zero-order valence-electron chi connectivity index (χ0n) is 12.5. The van der Waals surface area contributed by atoms with Gasteiger partial charge in [-0.3, -0.25) is 0 Å². The van der Waals surface area contributed by atoms with Crippen LogP contribution in [-0.4, -0.2) is 20.0 Å². The molecule has 0 N–H and O–H groups in total. The Labute approximate surface area is 114 Å². The first-order valence-corrected chi connectivity index (χ1v) is 7.72. The molecule has 18 heavy (non-hydrogen) atoms. The summed E-state index contributed by atoms with van der Waals surface area (Å²) < 4.78 is 10.8. The topological polar surface area (TPSA) is 18.5 Å². The van der Waals surface area contributed by atoms with Crippen LogP contribution in [0.15, 0.2) is 12.2 Å². The van der Waals surface area contributed by atoms with E-state index in [1.165, 1.54) is 44.9 Å². The van der Waals surface area contributed by atoms with Gasteiger partial charge in [-0.25, -0.2) is 0 Å². The molecule has 0 spiro atoms. The Bertz CT molecular complexity index is 166. The summed E-state index contributed by atoms with van der Waals surface area (Å²) >= 11 is 0. The van der Waals surface area contributed by atoms with Gasteiger partial charge in [0, 0.05) is 6.61 Å². The molecule has 0 fully saturated rings. The van der Waals surface area contributed by atoms with Gasteiger partial charge in [-0.1, -0.05) is 64.5 Å². The van der Waals surface area contributed by atoms with Gasteiger partial charge in [0.2, 0.25) is 0 Å². The van der Waals surface area contributed by atoms with Crippen molar-refractivity contribution in [2.24, 2.45) is 0 Å². The van der Waals surface area contributed by atoms with E-state index < -0.39 is 0 Å². The average molecular weight is 256 g/mol. The predicted octanol–water partition coefficient (Wildman–Crippen LogP) is 5.08. The third-order valence-electron chi connectivity index (χ3n) is 2.89. The molecule has 108 valence electrons. The minimum absolute atomic E-state index is 0.454. The van der Waals surface area contributed by atoms with Crippen LogP contribution in [0.1, 0.15) is 71.6 Å². The monoisotopic (exact) mass is 256 g/mol. The third kappa shape index (κ3) is 15.7. The molecule has 0 aliphatic carbocycles. The van der Waals surface area contributed by atoms with E-state index in [-0.39, 0.29) is 0 Å². The van der Waals surface area contributed by atoms with Gasteiger partial charge in [-0.05, 0) is 19.3 Å². The maximum Gasteiger partial charge on any atom is 0.146 e. The van der Waals surface area contributed by atoms with Crippen LogP contribution < -0.4 is 0 Å².